The first-order valence-electron chi connectivity index (χ1n) is 10.1. The van der Waals surface area contributed by atoms with Crippen LogP contribution < -0.4 is 5.63 Å². The van der Waals surface area contributed by atoms with E-state index in [4.69, 9.17) is 4.42 Å². The van der Waals surface area contributed by atoms with Crippen LogP contribution in [0.15, 0.2) is 51.7 Å². The van der Waals surface area contributed by atoms with Gasteiger partial charge in [-0.05, 0) is 54.5 Å². The predicted molar refractivity (Wildman–Crippen MR) is 111 cm³/mol. The number of hydrogen-bond acceptors (Lipinski definition) is 4. The highest BCUT2D eigenvalue weighted by Crippen LogP contribution is 2.47. The number of rotatable bonds is 5. The van der Waals surface area contributed by atoms with Crippen LogP contribution in [0, 0.1) is 0 Å². The molecule has 0 radical (unpaired) electrons. The van der Waals surface area contributed by atoms with Crippen molar-refractivity contribution in [2.45, 2.75) is 57.3 Å². The van der Waals surface area contributed by atoms with E-state index in [-0.39, 0.29) is 22.5 Å². The van der Waals surface area contributed by atoms with Crippen LogP contribution in [0.4, 0.5) is 0 Å². The molecule has 1 saturated carbocycles. The summed E-state index contributed by atoms with van der Waals surface area (Å²) in [6.45, 7) is 2.19. The molecular formula is C24H26O4. The first kappa shape index (κ1) is 18.6. The SMILES string of the molecule is CCCCC1(c2cc(O)c3cc(-c4ccccc4O)c(=O)oc3c2)CCCC1. The highest BCUT2D eigenvalue weighted by Gasteiger charge is 2.35. The Morgan fingerprint density at radius 1 is 1.00 bits per heavy atom. The lowest BCUT2D eigenvalue weighted by Crippen LogP contribution is -2.22. The van der Waals surface area contributed by atoms with E-state index in [0.29, 0.717) is 16.5 Å². The second-order valence-corrected chi connectivity index (χ2v) is 7.96. The van der Waals surface area contributed by atoms with Gasteiger partial charge >= 0.3 is 5.63 Å². The molecule has 1 aromatic heterocycles. The number of benzene rings is 2. The van der Waals surface area contributed by atoms with Crippen LogP contribution in [0.25, 0.3) is 22.1 Å². The van der Waals surface area contributed by atoms with Crippen LogP contribution >= 0.6 is 0 Å². The van der Waals surface area contributed by atoms with Crippen molar-refractivity contribution in [1.82, 2.24) is 0 Å². The number of unbranched alkanes of at least 4 members (excludes halogenated alkanes) is 1. The highest BCUT2D eigenvalue weighted by atomic mass is 16.4. The van der Waals surface area contributed by atoms with Crippen molar-refractivity contribution in [2.24, 2.45) is 0 Å². The van der Waals surface area contributed by atoms with Gasteiger partial charge in [0.15, 0.2) is 0 Å². The van der Waals surface area contributed by atoms with Gasteiger partial charge in [0.1, 0.15) is 17.1 Å². The zero-order valence-corrected chi connectivity index (χ0v) is 16.2. The summed E-state index contributed by atoms with van der Waals surface area (Å²) >= 11 is 0. The van der Waals surface area contributed by atoms with Gasteiger partial charge in [-0.25, -0.2) is 4.79 Å². The number of fused-ring (bicyclic) bond motifs is 1. The summed E-state index contributed by atoms with van der Waals surface area (Å²) in [5.74, 6) is 0.130. The highest BCUT2D eigenvalue weighted by molar-refractivity contribution is 5.88. The molecule has 2 N–H and O–H groups in total. The van der Waals surface area contributed by atoms with Crippen molar-refractivity contribution in [2.75, 3.05) is 0 Å². The monoisotopic (exact) mass is 378 g/mol. The molecule has 3 aromatic rings. The number of phenols is 2. The van der Waals surface area contributed by atoms with E-state index in [1.54, 1.807) is 24.3 Å². The van der Waals surface area contributed by atoms with Crippen LogP contribution in [0.3, 0.4) is 0 Å². The molecule has 0 unspecified atom stereocenters. The minimum absolute atomic E-state index is 0.00901. The summed E-state index contributed by atoms with van der Waals surface area (Å²) in [6, 6.07) is 12.0. The molecule has 4 rings (SSSR count). The molecule has 0 aliphatic heterocycles. The smallest absolute Gasteiger partial charge is 0.344 e. The van der Waals surface area contributed by atoms with Gasteiger partial charge in [-0.15, -0.1) is 0 Å². The maximum absolute atomic E-state index is 12.6. The fraction of sp³-hybridized carbons (Fsp3) is 0.375. The molecule has 0 spiro atoms. The molecule has 1 aliphatic carbocycles. The van der Waals surface area contributed by atoms with E-state index in [0.717, 1.165) is 37.7 Å². The number of phenolic OH excluding ortho intramolecular Hbond substituents is 2. The largest absolute Gasteiger partial charge is 0.507 e. The normalized spacial score (nSPS) is 15.9. The fourth-order valence-corrected chi connectivity index (χ4v) is 4.64. The van der Waals surface area contributed by atoms with Gasteiger partial charge in [0.25, 0.3) is 0 Å². The first-order valence-corrected chi connectivity index (χ1v) is 10.1. The Bertz CT molecular complexity index is 1060. The summed E-state index contributed by atoms with van der Waals surface area (Å²) < 4.78 is 5.61. The second-order valence-electron chi connectivity index (χ2n) is 7.96. The Labute approximate surface area is 164 Å². The Hall–Kier alpha value is -2.75. The predicted octanol–water partition coefficient (Wildman–Crippen LogP) is 5.87. The molecule has 0 saturated heterocycles. The van der Waals surface area contributed by atoms with Crippen LogP contribution in [0.1, 0.15) is 57.4 Å². The van der Waals surface area contributed by atoms with Gasteiger partial charge in [0, 0.05) is 5.56 Å². The van der Waals surface area contributed by atoms with Crippen molar-refractivity contribution < 1.29 is 14.6 Å². The quantitative estimate of drug-likeness (QED) is 0.544. The molecule has 1 heterocycles. The zero-order chi connectivity index (χ0) is 19.7. The molecule has 0 bridgehead atoms. The topological polar surface area (TPSA) is 70.7 Å². The summed E-state index contributed by atoms with van der Waals surface area (Å²) in [5.41, 5.74) is 1.67. The molecule has 1 fully saturated rings. The summed E-state index contributed by atoms with van der Waals surface area (Å²) in [5, 5.41) is 21.3. The lowest BCUT2D eigenvalue weighted by atomic mass is 9.74. The van der Waals surface area contributed by atoms with E-state index >= 15 is 0 Å². The minimum atomic E-state index is -0.514. The maximum atomic E-state index is 12.6. The Morgan fingerprint density at radius 2 is 1.75 bits per heavy atom. The van der Waals surface area contributed by atoms with E-state index in [1.807, 2.05) is 12.1 Å². The average Bonchev–Trinajstić information content (AvgIpc) is 3.17. The lowest BCUT2D eigenvalue weighted by molar-refractivity contribution is 0.387. The molecule has 1 aliphatic rings. The van der Waals surface area contributed by atoms with Gasteiger partial charge in [0.2, 0.25) is 0 Å². The van der Waals surface area contributed by atoms with Crippen LogP contribution in [0.2, 0.25) is 0 Å². The summed E-state index contributed by atoms with van der Waals surface area (Å²) in [6.07, 6.45) is 7.98. The van der Waals surface area contributed by atoms with E-state index in [2.05, 4.69) is 6.92 Å². The van der Waals surface area contributed by atoms with Crippen molar-refractivity contribution in [3.05, 3.63) is 58.4 Å². The van der Waals surface area contributed by atoms with Gasteiger partial charge in [-0.3, -0.25) is 0 Å². The molecule has 4 heteroatoms. The van der Waals surface area contributed by atoms with Crippen molar-refractivity contribution in [3.63, 3.8) is 0 Å². The molecule has 2 aromatic carbocycles. The minimum Gasteiger partial charge on any atom is -0.507 e. The van der Waals surface area contributed by atoms with E-state index < -0.39 is 5.63 Å². The number of para-hydroxylation sites is 1. The molecule has 0 amide bonds. The van der Waals surface area contributed by atoms with Crippen molar-refractivity contribution in [3.8, 4) is 22.6 Å². The average molecular weight is 378 g/mol. The van der Waals surface area contributed by atoms with Crippen molar-refractivity contribution in [1.29, 1.82) is 0 Å². The van der Waals surface area contributed by atoms with Gasteiger partial charge < -0.3 is 14.6 Å². The third-order valence-electron chi connectivity index (χ3n) is 6.21. The molecule has 146 valence electrons. The fourth-order valence-electron chi connectivity index (χ4n) is 4.64. The third-order valence-corrected chi connectivity index (χ3v) is 6.21. The number of hydrogen-bond donors (Lipinski definition) is 2. The standard InChI is InChI=1S/C24H26O4/c1-2-3-10-24(11-6-7-12-24)16-13-21(26)19-15-18(23(27)28-22(19)14-16)17-8-4-5-9-20(17)25/h4-5,8-9,13-15,25-26H,2-3,6-7,10-12H2,1H3. The summed E-state index contributed by atoms with van der Waals surface area (Å²) in [7, 11) is 0. The Balaban J connectivity index is 1.85. The molecular weight excluding hydrogens is 352 g/mol. The Morgan fingerprint density at radius 3 is 2.46 bits per heavy atom. The van der Waals surface area contributed by atoms with E-state index in [9.17, 15) is 15.0 Å². The van der Waals surface area contributed by atoms with Crippen LogP contribution in [-0.2, 0) is 5.41 Å². The molecule has 28 heavy (non-hydrogen) atoms. The Kier molecular flexibility index (Phi) is 4.88. The van der Waals surface area contributed by atoms with Crippen LogP contribution in [0.5, 0.6) is 11.5 Å². The van der Waals surface area contributed by atoms with Gasteiger partial charge in [0.05, 0.1) is 10.9 Å². The van der Waals surface area contributed by atoms with Crippen LogP contribution in [-0.4, -0.2) is 10.2 Å². The lowest BCUT2D eigenvalue weighted by Gasteiger charge is -2.30. The summed E-state index contributed by atoms with van der Waals surface area (Å²) in [4.78, 5) is 12.6. The van der Waals surface area contributed by atoms with Gasteiger partial charge in [-0.1, -0.05) is 50.8 Å². The maximum Gasteiger partial charge on any atom is 0.344 e. The van der Waals surface area contributed by atoms with Crippen molar-refractivity contribution >= 4 is 11.0 Å². The third kappa shape index (κ3) is 3.17. The zero-order valence-electron chi connectivity index (χ0n) is 16.2. The molecule has 4 nitrogen and oxygen atoms in total. The first-order chi connectivity index (χ1) is 13.5. The second kappa shape index (κ2) is 7.34. The van der Waals surface area contributed by atoms with Gasteiger partial charge in [-0.2, -0.15) is 0 Å². The number of aromatic hydroxyl groups is 2. The molecule has 0 atom stereocenters. The van der Waals surface area contributed by atoms with E-state index in [1.165, 1.54) is 18.9 Å².